The van der Waals surface area contributed by atoms with Crippen molar-refractivity contribution in [2.24, 2.45) is 5.92 Å². The number of carbonyl (C=O) groups excluding carboxylic acids is 2. The van der Waals surface area contributed by atoms with Crippen LogP contribution in [0.3, 0.4) is 0 Å². The molecule has 1 N–H and O–H groups in total. The van der Waals surface area contributed by atoms with Gasteiger partial charge in [0.1, 0.15) is 5.82 Å². The van der Waals surface area contributed by atoms with Gasteiger partial charge in [0.25, 0.3) is 0 Å². The highest BCUT2D eigenvalue weighted by atomic mass is 19.1. The largest absolute Gasteiger partial charge is 0.355 e. The maximum atomic E-state index is 13.6. The molecule has 0 spiro atoms. The van der Waals surface area contributed by atoms with Crippen molar-refractivity contribution >= 4 is 11.8 Å². The van der Waals surface area contributed by atoms with Crippen LogP contribution in [0.4, 0.5) is 4.39 Å². The molecule has 5 nitrogen and oxygen atoms in total. The van der Waals surface area contributed by atoms with Crippen molar-refractivity contribution in [2.45, 2.75) is 18.9 Å². The molecule has 2 aromatic rings. The predicted octanol–water partition coefficient (Wildman–Crippen LogP) is 2.10. The highest BCUT2D eigenvalue weighted by Crippen LogP contribution is 2.37. The summed E-state index contributed by atoms with van der Waals surface area (Å²) < 4.78 is 13.6. The van der Waals surface area contributed by atoms with Gasteiger partial charge >= 0.3 is 0 Å². The van der Waals surface area contributed by atoms with Crippen molar-refractivity contribution < 1.29 is 14.0 Å². The highest BCUT2D eigenvalue weighted by Gasteiger charge is 2.42. The maximum absolute atomic E-state index is 13.6. The summed E-state index contributed by atoms with van der Waals surface area (Å²) in [5.74, 6) is -1.18. The minimum atomic E-state index is -0.517. The summed E-state index contributed by atoms with van der Waals surface area (Å²) >= 11 is 0. The van der Waals surface area contributed by atoms with Crippen molar-refractivity contribution in [1.82, 2.24) is 15.2 Å². The molecule has 25 heavy (non-hydrogen) atoms. The molecule has 2 amide bonds. The van der Waals surface area contributed by atoms with E-state index in [0.717, 1.165) is 5.56 Å². The van der Waals surface area contributed by atoms with Crippen LogP contribution in [0.1, 0.15) is 23.6 Å². The molecule has 1 aromatic heterocycles. The molecule has 2 heterocycles. The number of halogens is 1. The number of aromatic nitrogens is 1. The molecule has 1 aliphatic heterocycles. The summed E-state index contributed by atoms with van der Waals surface area (Å²) in [6.07, 6.45) is 4.25. The van der Waals surface area contributed by atoms with E-state index in [9.17, 15) is 14.0 Å². The third-order valence-electron chi connectivity index (χ3n) is 4.58. The van der Waals surface area contributed by atoms with E-state index in [1.807, 2.05) is 12.1 Å². The second-order valence-corrected chi connectivity index (χ2v) is 6.21. The van der Waals surface area contributed by atoms with Crippen LogP contribution >= 0.6 is 0 Å². The number of hydrogen-bond donors (Lipinski definition) is 1. The third kappa shape index (κ3) is 3.84. The summed E-state index contributed by atoms with van der Waals surface area (Å²) in [4.78, 5) is 30.2. The van der Waals surface area contributed by atoms with Crippen LogP contribution in [0, 0.1) is 11.7 Å². The zero-order valence-corrected chi connectivity index (χ0v) is 14.0. The Morgan fingerprint density at radius 2 is 2.08 bits per heavy atom. The van der Waals surface area contributed by atoms with Gasteiger partial charge in [0.2, 0.25) is 11.8 Å². The average Bonchev–Trinajstić information content (AvgIpc) is 2.91. The van der Waals surface area contributed by atoms with Crippen LogP contribution in [0.2, 0.25) is 0 Å². The number of carbonyl (C=O) groups is 2. The van der Waals surface area contributed by atoms with Crippen LogP contribution in [0.15, 0.2) is 48.8 Å². The number of benzene rings is 1. The van der Waals surface area contributed by atoms with E-state index in [2.05, 4.69) is 10.3 Å². The zero-order valence-electron chi connectivity index (χ0n) is 14.0. The van der Waals surface area contributed by atoms with Gasteiger partial charge in [-0.1, -0.05) is 12.1 Å². The first kappa shape index (κ1) is 17.1. The summed E-state index contributed by atoms with van der Waals surface area (Å²) in [6.45, 7) is 0.479. The second kappa shape index (κ2) is 7.42. The first-order valence-electron chi connectivity index (χ1n) is 8.24. The minimum absolute atomic E-state index is 0.108. The van der Waals surface area contributed by atoms with Crippen molar-refractivity contribution in [1.29, 1.82) is 0 Å². The zero-order chi connectivity index (χ0) is 17.8. The Morgan fingerprint density at radius 3 is 2.80 bits per heavy atom. The number of rotatable bonds is 5. The minimum Gasteiger partial charge on any atom is -0.355 e. The normalized spacial score (nSPS) is 19.9. The Balaban J connectivity index is 1.68. The molecular formula is C19H20FN3O2. The lowest BCUT2D eigenvalue weighted by atomic mass is 9.93. The SMILES string of the molecule is CN1C(=O)C[C@@H](C(=O)NCCc2ccncc2)[C@@H]1c1cccc(F)c1. The van der Waals surface area contributed by atoms with Crippen LogP contribution < -0.4 is 5.32 Å². The summed E-state index contributed by atoms with van der Waals surface area (Å²) in [5, 5.41) is 2.90. The molecule has 0 bridgehead atoms. The van der Waals surface area contributed by atoms with Crippen molar-refractivity contribution in [2.75, 3.05) is 13.6 Å². The molecule has 0 radical (unpaired) electrons. The summed E-state index contributed by atoms with van der Waals surface area (Å²) in [7, 11) is 1.65. The monoisotopic (exact) mass is 341 g/mol. The molecule has 1 aliphatic rings. The first-order valence-corrected chi connectivity index (χ1v) is 8.24. The molecule has 130 valence electrons. The molecule has 3 rings (SSSR count). The number of amides is 2. The van der Waals surface area contributed by atoms with Gasteiger partial charge in [-0.25, -0.2) is 4.39 Å². The van der Waals surface area contributed by atoms with E-state index in [1.54, 1.807) is 31.6 Å². The highest BCUT2D eigenvalue weighted by molar-refractivity contribution is 5.90. The molecule has 0 saturated carbocycles. The van der Waals surface area contributed by atoms with Gasteiger partial charge in [-0.05, 0) is 41.8 Å². The molecule has 0 unspecified atom stereocenters. The first-order chi connectivity index (χ1) is 12.1. The van der Waals surface area contributed by atoms with Crippen LogP contribution in [-0.2, 0) is 16.0 Å². The molecule has 0 aliphatic carbocycles. The quantitative estimate of drug-likeness (QED) is 0.906. The topological polar surface area (TPSA) is 62.3 Å². The maximum Gasteiger partial charge on any atom is 0.226 e. The Labute approximate surface area is 145 Å². The van der Waals surface area contributed by atoms with Gasteiger partial charge in [0.15, 0.2) is 0 Å². The fraction of sp³-hybridized carbons (Fsp3) is 0.316. The van der Waals surface area contributed by atoms with E-state index >= 15 is 0 Å². The Hall–Kier alpha value is -2.76. The number of nitrogens with zero attached hydrogens (tertiary/aromatic N) is 2. The molecule has 6 heteroatoms. The van der Waals surface area contributed by atoms with E-state index in [1.165, 1.54) is 17.0 Å². The number of hydrogen-bond acceptors (Lipinski definition) is 3. The smallest absolute Gasteiger partial charge is 0.226 e. The molecular weight excluding hydrogens is 321 g/mol. The van der Waals surface area contributed by atoms with Crippen LogP contribution in [0.25, 0.3) is 0 Å². The average molecular weight is 341 g/mol. The summed E-state index contributed by atoms with van der Waals surface area (Å²) in [6, 6.07) is 9.44. The lowest BCUT2D eigenvalue weighted by Crippen LogP contribution is -2.35. The summed E-state index contributed by atoms with van der Waals surface area (Å²) in [5.41, 5.74) is 1.72. The lowest BCUT2D eigenvalue weighted by molar-refractivity contribution is -0.128. The number of likely N-dealkylation sites (tertiary alicyclic amines) is 1. The Bertz CT molecular complexity index is 766. The van der Waals surface area contributed by atoms with Crippen LogP contribution in [0.5, 0.6) is 0 Å². The molecule has 1 fully saturated rings. The third-order valence-corrected chi connectivity index (χ3v) is 4.58. The van der Waals surface area contributed by atoms with Crippen molar-refractivity contribution in [3.8, 4) is 0 Å². The van der Waals surface area contributed by atoms with E-state index < -0.39 is 12.0 Å². The van der Waals surface area contributed by atoms with Crippen molar-refractivity contribution in [3.63, 3.8) is 0 Å². The fourth-order valence-corrected chi connectivity index (χ4v) is 3.26. The van der Waals surface area contributed by atoms with Gasteiger partial charge in [-0.15, -0.1) is 0 Å². The van der Waals surface area contributed by atoms with Gasteiger partial charge in [0.05, 0.1) is 12.0 Å². The van der Waals surface area contributed by atoms with Gasteiger partial charge in [-0.2, -0.15) is 0 Å². The van der Waals surface area contributed by atoms with Gasteiger partial charge in [-0.3, -0.25) is 14.6 Å². The fourth-order valence-electron chi connectivity index (χ4n) is 3.26. The Kier molecular flexibility index (Phi) is 5.07. The van der Waals surface area contributed by atoms with E-state index in [0.29, 0.717) is 18.5 Å². The molecule has 1 saturated heterocycles. The van der Waals surface area contributed by atoms with E-state index in [4.69, 9.17) is 0 Å². The second-order valence-electron chi connectivity index (χ2n) is 6.21. The number of nitrogens with one attached hydrogen (secondary N) is 1. The lowest BCUT2D eigenvalue weighted by Gasteiger charge is -2.25. The van der Waals surface area contributed by atoms with Gasteiger partial charge in [0, 0.05) is 32.4 Å². The molecule has 2 atom stereocenters. The predicted molar refractivity (Wildman–Crippen MR) is 91.0 cm³/mol. The van der Waals surface area contributed by atoms with Crippen molar-refractivity contribution in [3.05, 3.63) is 65.7 Å². The van der Waals surface area contributed by atoms with E-state index in [-0.39, 0.29) is 24.1 Å². The standard InChI is InChI=1S/C19H20FN3O2/c1-23-17(24)12-16(18(23)14-3-2-4-15(20)11-14)19(25)22-10-7-13-5-8-21-9-6-13/h2-6,8-9,11,16,18H,7,10,12H2,1H3,(H,22,25)/t16-,18+/m1/s1. The molecule has 1 aromatic carbocycles. The number of pyridine rings is 1. The van der Waals surface area contributed by atoms with Gasteiger partial charge < -0.3 is 10.2 Å². The Morgan fingerprint density at radius 1 is 1.32 bits per heavy atom. The van der Waals surface area contributed by atoms with Crippen LogP contribution in [-0.4, -0.2) is 35.3 Å².